The quantitative estimate of drug-likeness (QED) is 0.781. The summed E-state index contributed by atoms with van der Waals surface area (Å²) in [5, 5.41) is 0. The van der Waals surface area contributed by atoms with Gasteiger partial charge in [-0.15, -0.1) is 0 Å². The van der Waals surface area contributed by atoms with E-state index in [4.69, 9.17) is 19.9 Å². The Balaban J connectivity index is 1.76. The van der Waals surface area contributed by atoms with Crippen molar-refractivity contribution in [2.24, 2.45) is 0 Å². The van der Waals surface area contributed by atoms with Crippen LogP contribution in [-0.2, 0) is 13.8 Å². The first kappa shape index (κ1) is 13.4. The largest absolute Gasteiger partial charge is 0.382 e. The topological polar surface area (TPSA) is 125 Å². The molecule has 108 valence electrons. The van der Waals surface area contributed by atoms with Crippen LogP contribution < -0.4 is 5.73 Å². The summed E-state index contributed by atoms with van der Waals surface area (Å²) >= 11 is 0. The first-order valence-electron chi connectivity index (χ1n) is 6.09. The maximum absolute atomic E-state index is 10.5. The summed E-state index contributed by atoms with van der Waals surface area (Å²) in [6, 6.07) is 0. The minimum absolute atomic E-state index is 0.106. The second kappa shape index (κ2) is 5.45. The van der Waals surface area contributed by atoms with Crippen LogP contribution in [-0.4, -0.2) is 37.1 Å². The number of imidazole rings is 1. The highest BCUT2D eigenvalue weighted by Crippen LogP contribution is 2.32. The fourth-order valence-corrected chi connectivity index (χ4v) is 2.59. The number of nitrogens with two attached hydrogens (primary N) is 1. The van der Waals surface area contributed by atoms with Crippen molar-refractivity contribution in [1.29, 1.82) is 0 Å². The molecule has 3 N–H and O–H groups in total. The molecule has 0 aliphatic carbocycles. The fourth-order valence-electron chi connectivity index (χ4n) is 2.26. The molecule has 9 nitrogen and oxygen atoms in total. The van der Waals surface area contributed by atoms with Gasteiger partial charge in [0.05, 0.1) is 19.0 Å². The molecule has 1 aliphatic heterocycles. The average Bonchev–Trinajstić information content (AvgIpc) is 3.02. The first-order valence-corrected chi connectivity index (χ1v) is 7.35. The molecule has 3 heterocycles. The number of nitrogen functional groups attached to an aromatic ring is 1. The van der Waals surface area contributed by atoms with E-state index in [1.807, 2.05) is 0 Å². The summed E-state index contributed by atoms with van der Waals surface area (Å²) in [5.41, 5.74) is 6.88. The van der Waals surface area contributed by atoms with Gasteiger partial charge >= 0.3 is 8.25 Å². The fraction of sp³-hybridized carbons (Fsp3) is 0.500. The summed E-state index contributed by atoms with van der Waals surface area (Å²) in [6.45, 7) is 0.106. The molecule has 2 aromatic heterocycles. The molecular weight excluding hydrogens is 285 g/mol. The molecule has 0 amide bonds. The van der Waals surface area contributed by atoms with Crippen molar-refractivity contribution < 1.29 is 18.7 Å². The highest BCUT2D eigenvalue weighted by molar-refractivity contribution is 7.32. The molecular formula is C10H14N5O4P. The number of hydrogen-bond donors (Lipinski definition) is 2. The van der Waals surface area contributed by atoms with Gasteiger partial charge in [0.2, 0.25) is 0 Å². The van der Waals surface area contributed by atoms with E-state index < -0.39 is 8.25 Å². The Kier molecular flexibility index (Phi) is 3.66. The number of anilines is 1. The summed E-state index contributed by atoms with van der Waals surface area (Å²) in [6.07, 6.45) is 4.03. The normalized spacial score (nSPS) is 24.2. The maximum Gasteiger partial charge on any atom is 0.316 e. The first-order chi connectivity index (χ1) is 9.65. The van der Waals surface area contributed by atoms with Crippen molar-refractivity contribution in [2.75, 3.05) is 12.3 Å². The maximum atomic E-state index is 10.5. The van der Waals surface area contributed by atoms with E-state index >= 15 is 0 Å². The van der Waals surface area contributed by atoms with Crippen molar-refractivity contribution in [3.05, 3.63) is 12.7 Å². The van der Waals surface area contributed by atoms with E-state index in [1.165, 1.54) is 6.33 Å². The zero-order valence-corrected chi connectivity index (χ0v) is 11.5. The molecule has 0 bridgehead atoms. The second-order valence-electron chi connectivity index (χ2n) is 4.45. The summed E-state index contributed by atoms with van der Waals surface area (Å²) in [4.78, 5) is 20.9. The summed E-state index contributed by atoms with van der Waals surface area (Å²) in [7, 11) is -2.92. The van der Waals surface area contributed by atoms with Crippen LogP contribution in [0.2, 0.25) is 0 Å². The minimum atomic E-state index is -2.92. The van der Waals surface area contributed by atoms with Gasteiger partial charge in [-0.1, -0.05) is 0 Å². The average molecular weight is 299 g/mol. The van der Waals surface area contributed by atoms with Crippen LogP contribution in [0.3, 0.4) is 0 Å². The van der Waals surface area contributed by atoms with Gasteiger partial charge in [-0.2, -0.15) is 0 Å². The van der Waals surface area contributed by atoms with Crippen LogP contribution in [0.25, 0.3) is 11.2 Å². The zero-order chi connectivity index (χ0) is 14.1. The molecule has 1 aliphatic rings. The van der Waals surface area contributed by atoms with Gasteiger partial charge < -0.3 is 19.9 Å². The van der Waals surface area contributed by atoms with E-state index in [-0.39, 0.29) is 18.9 Å². The van der Waals surface area contributed by atoms with Gasteiger partial charge in [0.25, 0.3) is 0 Å². The van der Waals surface area contributed by atoms with Crippen LogP contribution in [0.1, 0.15) is 19.1 Å². The smallest absolute Gasteiger partial charge is 0.316 e. The van der Waals surface area contributed by atoms with E-state index in [0.29, 0.717) is 17.0 Å². The lowest BCUT2D eigenvalue weighted by Crippen LogP contribution is -2.15. The Bertz CT molecular complexity index is 648. The lowest BCUT2D eigenvalue weighted by molar-refractivity contribution is -0.0162. The molecule has 0 spiro atoms. The van der Waals surface area contributed by atoms with E-state index in [9.17, 15) is 4.57 Å². The Morgan fingerprint density at radius 2 is 2.35 bits per heavy atom. The van der Waals surface area contributed by atoms with Gasteiger partial charge in [0, 0.05) is 0 Å². The van der Waals surface area contributed by atoms with E-state index in [0.717, 1.165) is 12.8 Å². The van der Waals surface area contributed by atoms with Crippen LogP contribution in [0, 0.1) is 0 Å². The molecule has 1 fully saturated rings. The number of nitrogens with zero attached hydrogens (tertiary/aromatic N) is 4. The highest BCUT2D eigenvalue weighted by atomic mass is 31.1. The molecule has 0 aromatic carbocycles. The van der Waals surface area contributed by atoms with Gasteiger partial charge in [0.1, 0.15) is 18.1 Å². The van der Waals surface area contributed by atoms with Crippen LogP contribution in [0.15, 0.2) is 12.7 Å². The van der Waals surface area contributed by atoms with Crippen LogP contribution in [0.5, 0.6) is 0 Å². The molecule has 1 unspecified atom stereocenters. The second-order valence-corrected chi connectivity index (χ2v) is 5.27. The van der Waals surface area contributed by atoms with Crippen molar-refractivity contribution in [2.45, 2.75) is 25.2 Å². The van der Waals surface area contributed by atoms with Crippen molar-refractivity contribution in [1.82, 2.24) is 19.5 Å². The number of hydrogen-bond acceptors (Lipinski definition) is 7. The Labute approximate surface area is 114 Å². The molecule has 20 heavy (non-hydrogen) atoms. The molecule has 2 aromatic rings. The van der Waals surface area contributed by atoms with Crippen molar-refractivity contribution in [3.63, 3.8) is 0 Å². The van der Waals surface area contributed by atoms with Crippen LogP contribution in [0.4, 0.5) is 5.82 Å². The number of fused-ring (bicyclic) bond motifs is 1. The van der Waals surface area contributed by atoms with Gasteiger partial charge in [-0.25, -0.2) is 15.0 Å². The SMILES string of the molecule is Nc1ncnc2c1ncn2[C@H]1CC[C@@H](CO[PH](=O)O)O1. The lowest BCUT2D eigenvalue weighted by atomic mass is 10.2. The molecule has 0 radical (unpaired) electrons. The third-order valence-corrected chi connectivity index (χ3v) is 3.59. The molecule has 10 heteroatoms. The predicted molar refractivity (Wildman–Crippen MR) is 70.1 cm³/mol. The lowest BCUT2D eigenvalue weighted by Gasteiger charge is -2.14. The molecule has 1 saturated heterocycles. The van der Waals surface area contributed by atoms with Crippen LogP contribution >= 0.6 is 8.25 Å². The third-order valence-electron chi connectivity index (χ3n) is 3.18. The van der Waals surface area contributed by atoms with Gasteiger partial charge in [-0.3, -0.25) is 9.13 Å². The third kappa shape index (κ3) is 2.53. The van der Waals surface area contributed by atoms with Gasteiger partial charge in [0.15, 0.2) is 11.5 Å². The Morgan fingerprint density at radius 3 is 3.15 bits per heavy atom. The molecule has 0 saturated carbocycles. The summed E-state index contributed by atoms with van der Waals surface area (Å²) < 4.78 is 22.8. The van der Waals surface area contributed by atoms with E-state index in [1.54, 1.807) is 10.9 Å². The number of aromatic nitrogens is 4. The predicted octanol–water partition coefficient (Wildman–Crippen LogP) is 0.485. The monoisotopic (exact) mass is 299 g/mol. The Hall–Kier alpha value is -1.54. The molecule has 3 rings (SSSR count). The minimum Gasteiger partial charge on any atom is -0.382 e. The number of rotatable bonds is 4. The van der Waals surface area contributed by atoms with Gasteiger partial charge in [-0.05, 0) is 12.8 Å². The Morgan fingerprint density at radius 1 is 1.50 bits per heavy atom. The van der Waals surface area contributed by atoms with Crippen molar-refractivity contribution in [3.8, 4) is 0 Å². The van der Waals surface area contributed by atoms with E-state index in [2.05, 4.69) is 15.0 Å². The summed E-state index contributed by atoms with van der Waals surface area (Å²) in [5.74, 6) is 0.325. The zero-order valence-electron chi connectivity index (χ0n) is 10.5. The number of ether oxygens (including phenoxy) is 1. The standard InChI is InChI=1S/C10H14N5O4P/c11-9-8-10(13-4-12-9)15(5-14-8)7-2-1-6(19-7)3-18-20(16)17/h4-7,20H,1-3H2,(H,16,17)(H2,11,12,13)/t6-,7+/m0/s1. The molecule has 3 atom stereocenters. The van der Waals surface area contributed by atoms with Crippen molar-refractivity contribution >= 4 is 25.2 Å². The highest BCUT2D eigenvalue weighted by Gasteiger charge is 2.28.